The van der Waals surface area contributed by atoms with E-state index in [-0.39, 0.29) is 37.5 Å². The van der Waals surface area contributed by atoms with E-state index in [0.717, 1.165) is 6.42 Å². The number of β-amino-alcohol motifs (C(OH)–C–C–N with tert-alkyl or cyclic N) is 1. The van der Waals surface area contributed by atoms with Crippen LogP contribution in [0.4, 0.5) is 0 Å². The molecule has 3 saturated heterocycles. The number of hydrogen-bond donors (Lipinski definition) is 1. The Morgan fingerprint density at radius 2 is 2.00 bits per heavy atom. The first-order chi connectivity index (χ1) is 15.0. The third-order valence-corrected chi connectivity index (χ3v) is 9.04. The number of likely N-dealkylation sites (tertiary alicyclic amines) is 1. The van der Waals surface area contributed by atoms with E-state index in [0.29, 0.717) is 19.4 Å². The van der Waals surface area contributed by atoms with Gasteiger partial charge in [-0.1, -0.05) is 12.2 Å². The summed E-state index contributed by atoms with van der Waals surface area (Å²) >= 11 is 1.60. The Hall–Kier alpha value is -1.80. The van der Waals surface area contributed by atoms with Gasteiger partial charge in [0.1, 0.15) is 6.04 Å². The molecule has 3 fully saturated rings. The fourth-order valence-corrected chi connectivity index (χ4v) is 8.05. The van der Waals surface area contributed by atoms with Crippen LogP contribution in [0.1, 0.15) is 47.0 Å². The molecule has 3 aliphatic rings. The largest absolute Gasteiger partial charge is 0.465 e. The number of rotatable bonds is 9. The molecule has 2 amide bonds. The molecule has 7 nitrogen and oxygen atoms in total. The lowest BCUT2D eigenvalue weighted by atomic mass is 9.66. The van der Waals surface area contributed by atoms with E-state index >= 15 is 0 Å². The van der Waals surface area contributed by atoms with E-state index in [1.165, 1.54) is 4.90 Å². The summed E-state index contributed by atoms with van der Waals surface area (Å²) in [6.07, 6.45) is 5.32. The molecule has 2 bridgehead atoms. The molecule has 0 aromatic carbocycles. The van der Waals surface area contributed by atoms with Gasteiger partial charge in [-0.25, -0.2) is 0 Å². The molecule has 32 heavy (non-hydrogen) atoms. The van der Waals surface area contributed by atoms with Crippen molar-refractivity contribution in [2.24, 2.45) is 11.8 Å². The minimum absolute atomic E-state index is 0.0646. The number of carbonyl (C=O) groups excluding carboxylic acids is 3. The number of fused-ring (bicyclic) bond motifs is 1. The average Bonchev–Trinajstić information content (AvgIpc) is 3.27. The van der Waals surface area contributed by atoms with Crippen molar-refractivity contribution in [3.63, 3.8) is 0 Å². The van der Waals surface area contributed by atoms with Crippen molar-refractivity contribution in [3.05, 3.63) is 25.3 Å². The lowest BCUT2D eigenvalue weighted by Crippen LogP contribution is -2.59. The zero-order valence-electron chi connectivity index (χ0n) is 19.6. The molecular formula is C24H36N2O5S. The molecule has 178 valence electrons. The minimum atomic E-state index is -0.732. The molecule has 5 atom stereocenters. The van der Waals surface area contributed by atoms with Crippen LogP contribution in [0.3, 0.4) is 0 Å². The molecule has 0 aromatic heterocycles. The van der Waals surface area contributed by atoms with E-state index in [1.54, 1.807) is 28.8 Å². The highest BCUT2D eigenvalue weighted by Crippen LogP contribution is 2.71. The van der Waals surface area contributed by atoms with Crippen LogP contribution in [-0.4, -0.2) is 80.1 Å². The summed E-state index contributed by atoms with van der Waals surface area (Å²) in [5.74, 6) is -2.00. The zero-order chi connectivity index (χ0) is 23.9. The Balaban J connectivity index is 2.04. The highest BCUT2D eigenvalue weighted by atomic mass is 32.2. The normalized spacial score (nSPS) is 33.2. The van der Waals surface area contributed by atoms with Crippen LogP contribution in [-0.2, 0) is 19.1 Å². The number of amides is 2. The van der Waals surface area contributed by atoms with Gasteiger partial charge in [0.2, 0.25) is 11.8 Å². The molecule has 3 rings (SSSR count). The highest BCUT2D eigenvalue weighted by Gasteiger charge is 2.77. The molecule has 0 aliphatic carbocycles. The lowest BCUT2D eigenvalue weighted by Gasteiger charge is -2.42. The third-order valence-electron chi connectivity index (χ3n) is 7.06. The van der Waals surface area contributed by atoms with Gasteiger partial charge >= 0.3 is 5.97 Å². The van der Waals surface area contributed by atoms with Gasteiger partial charge in [-0.2, -0.15) is 0 Å². The van der Waals surface area contributed by atoms with Crippen LogP contribution in [0.5, 0.6) is 0 Å². The number of nitrogens with zero attached hydrogens (tertiary/aromatic N) is 2. The molecule has 1 N–H and O–H groups in total. The Bertz CT molecular complexity index is 809. The van der Waals surface area contributed by atoms with E-state index < -0.39 is 32.9 Å². The van der Waals surface area contributed by atoms with Gasteiger partial charge in [0.15, 0.2) is 0 Å². The van der Waals surface area contributed by atoms with Crippen molar-refractivity contribution in [1.82, 2.24) is 9.80 Å². The van der Waals surface area contributed by atoms with Crippen LogP contribution in [0, 0.1) is 11.8 Å². The van der Waals surface area contributed by atoms with Crippen LogP contribution < -0.4 is 0 Å². The summed E-state index contributed by atoms with van der Waals surface area (Å²) in [7, 11) is 0. The molecule has 8 heteroatoms. The fraction of sp³-hybridized carbons (Fsp3) is 0.708. The Morgan fingerprint density at radius 3 is 2.56 bits per heavy atom. The molecule has 3 aliphatic heterocycles. The summed E-state index contributed by atoms with van der Waals surface area (Å²) < 4.78 is 4.35. The second-order valence-corrected chi connectivity index (χ2v) is 12.0. The highest BCUT2D eigenvalue weighted by molar-refractivity contribution is 8.02. The Morgan fingerprint density at radius 1 is 1.31 bits per heavy atom. The molecule has 3 heterocycles. The number of aliphatic hydroxyl groups excluding tert-OH is 1. The molecule has 0 radical (unpaired) electrons. The first-order valence-corrected chi connectivity index (χ1v) is 12.1. The van der Waals surface area contributed by atoms with Gasteiger partial charge in [-0.3, -0.25) is 14.4 Å². The maximum Gasteiger partial charge on any atom is 0.311 e. The van der Waals surface area contributed by atoms with Crippen molar-refractivity contribution >= 4 is 29.5 Å². The SMILES string of the molecule is C=CCCOC(=O)[C@@H]1[C@H]2C(=O)N(CCO)C(C(=O)N(CC=C)C(C)(C)C)C23CC[C@@]1(C)S3. The Kier molecular flexibility index (Phi) is 6.87. The van der Waals surface area contributed by atoms with Gasteiger partial charge in [-0.05, 0) is 47.0 Å². The van der Waals surface area contributed by atoms with Crippen molar-refractivity contribution in [3.8, 4) is 0 Å². The molecule has 1 spiro atoms. The van der Waals surface area contributed by atoms with E-state index in [1.807, 2.05) is 27.7 Å². The van der Waals surface area contributed by atoms with Crippen molar-refractivity contribution in [1.29, 1.82) is 0 Å². The smallest absolute Gasteiger partial charge is 0.311 e. The first kappa shape index (κ1) is 24.8. The predicted molar refractivity (Wildman–Crippen MR) is 125 cm³/mol. The van der Waals surface area contributed by atoms with Crippen LogP contribution in [0.2, 0.25) is 0 Å². The fourth-order valence-electron chi connectivity index (χ4n) is 5.71. The number of thioether (sulfide) groups is 1. The maximum atomic E-state index is 14.0. The zero-order valence-corrected chi connectivity index (χ0v) is 20.5. The van der Waals surface area contributed by atoms with E-state index in [9.17, 15) is 19.5 Å². The van der Waals surface area contributed by atoms with Crippen molar-refractivity contribution < 1.29 is 24.2 Å². The molecule has 0 saturated carbocycles. The summed E-state index contributed by atoms with van der Waals surface area (Å²) in [4.78, 5) is 44.1. The van der Waals surface area contributed by atoms with Crippen molar-refractivity contribution in [2.75, 3.05) is 26.3 Å². The minimum Gasteiger partial charge on any atom is -0.465 e. The van der Waals surface area contributed by atoms with Gasteiger partial charge in [0.05, 0.1) is 29.8 Å². The lowest BCUT2D eigenvalue weighted by molar-refractivity contribution is -0.155. The number of ether oxygens (including phenoxy) is 1. The van der Waals surface area contributed by atoms with Gasteiger partial charge in [0, 0.05) is 23.4 Å². The van der Waals surface area contributed by atoms with Crippen LogP contribution in [0.25, 0.3) is 0 Å². The quantitative estimate of drug-likeness (QED) is 0.320. The maximum absolute atomic E-state index is 14.0. The number of hydrogen-bond acceptors (Lipinski definition) is 6. The summed E-state index contributed by atoms with van der Waals surface area (Å²) in [5.41, 5.74) is -0.470. The van der Waals surface area contributed by atoms with E-state index in [2.05, 4.69) is 13.2 Å². The van der Waals surface area contributed by atoms with Gasteiger partial charge in [-0.15, -0.1) is 24.9 Å². The summed E-state index contributed by atoms with van der Waals surface area (Å²) in [6.45, 7) is 15.7. The van der Waals surface area contributed by atoms with Crippen LogP contribution >= 0.6 is 11.8 Å². The van der Waals surface area contributed by atoms with E-state index in [4.69, 9.17) is 4.74 Å². The number of aliphatic hydroxyl groups is 1. The van der Waals surface area contributed by atoms with Gasteiger partial charge in [0.25, 0.3) is 0 Å². The number of carbonyl (C=O) groups is 3. The monoisotopic (exact) mass is 464 g/mol. The third kappa shape index (κ3) is 3.79. The first-order valence-electron chi connectivity index (χ1n) is 11.3. The summed E-state index contributed by atoms with van der Waals surface area (Å²) in [5, 5.41) is 9.70. The predicted octanol–water partition coefficient (Wildman–Crippen LogP) is 2.39. The molecule has 2 unspecified atom stereocenters. The second-order valence-electron chi connectivity index (χ2n) is 10.1. The molecular weight excluding hydrogens is 428 g/mol. The Labute approximate surface area is 195 Å². The van der Waals surface area contributed by atoms with Gasteiger partial charge < -0.3 is 19.6 Å². The van der Waals surface area contributed by atoms with Crippen LogP contribution in [0.15, 0.2) is 25.3 Å². The topological polar surface area (TPSA) is 87.1 Å². The average molecular weight is 465 g/mol. The molecule has 0 aromatic rings. The van der Waals surface area contributed by atoms with Crippen molar-refractivity contribution in [2.45, 2.75) is 68.0 Å². The number of esters is 1. The summed E-state index contributed by atoms with van der Waals surface area (Å²) in [6, 6.07) is -0.732. The second kappa shape index (κ2) is 8.86. The standard InChI is InChI=1S/C24H36N2O5S/c1-7-9-15-31-21(30)17-16-19(28)25(13-14-27)18(24(16)11-10-23(17,6)32-24)20(29)26(12-8-2)22(3,4)5/h7-8,16-18,27H,1-2,9-15H2,3-6H3/t16-,17-,18?,23+,24?/m0/s1.